The molecule has 0 saturated carbocycles. The molecule has 3 heterocycles. The van der Waals surface area contributed by atoms with Crippen LogP contribution in [0.1, 0.15) is 57.3 Å². The third kappa shape index (κ3) is 2.53. The molecule has 2 aromatic rings. The smallest absolute Gasteiger partial charge is 0.419 e. The van der Waals surface area contributed by atoms with Crippen LogP contribution in [0.25, 0.3) is 10.9 Å². The minimum Gasteiger partial charge on any atom is -0.443 e. The number of aromatic nitrogens is 1. The van der Waals surface area contributed by atoms with Gasteiger partial charge >= 0.3 is 6.09 Å². The van der Waals surface area contributed by atoms with Crippen molar-refractivity contribution in [3.8, 4) is 0 Å². The molecule has 0 spiro atoms. The SMILES string of the molecule is CC(C)(C)OC(=O)n1c2c(c3ccccc31)CCN1CCCCC21. The van der Waals surface area contributed by atoms with Crippen molar-refractivity contribution in [3.63, 3.8) is 0 Å². The molecule has 0 radical (unpaired) electrons. The van der Waals surface area contributed by atoms with E-state index < -0.39 is 5.60 Å². The Bertz CT molecular complexity index is 785. The van der Waals surface area contributed by atoms with E-state index in [2.05, 4.69) is 17.0 Å². The molecule has 4 rings (SSSR count). The van der Waals surface area contributed by atoms with Crippen LogP contribution in [0.15, 0.2) is 24.3 Å². The highest BCUT2D eigenvalue weighted by Gasteiger charge is 2.36. The Hall–Kier alpha value is -1.81. The molecule has 0 bridgehead atoms. The van der Waals surface area contributed by atoms with Crippen LogP contribution in [-0.4, -0.2) is 34.3 Å². The highest BCUT2D eigenvalue weighted by molar-refractivity contribution is 5.94. The first-order valence-corrected chi connectivity index (χ1v) is 9.05. The number of nitrogens with zero attached hydrogens (tertiary/aromatic N) is 2. The molecule has 128 valence electrons. The molecule has 2 aliphatic heterocycles. The van der Waals surface area contributed by atoms with E-state index in [0.717, 1.165) is 31.4 Å². The zero-order valence-electron chi connectivity index (χ0n) is 14.8. The van der Waals surface area contributed by atoms with Crippen molar-refractivity contribution in [1.29, 1.82) is 0 Å². The van der Waals surface area contributed by atoms with Gasteiger partial charge in [-0.25, -0.2) is 9.36 Å². The van der Waals surface area contributed by atoms with Crippen LogP contribution in [0.2, 0.25) is 0 Å². The average molecular weight is 326 g/mol. The number of benzene rings is 1. The summed E-state index contributed by atoms with van der Waals surface area (Å²) in [5, 5.41) is 1.21. The van der Waals surface area contributed by atoms with Crippen molar-refractivity contribution in [1.82, 2.24) is 9.47 Å². The predicted molar refractivity (Wildman–Crippen MR) is 95.4 cm³/mol. The summed E-state index contributed by atoms with van der Waals surface area (Å²) in [6, 6.07) is 8.61. The molecular formula is C20H26N2O2. The first-order chi connectivity index (χ1) is 11.5. The summed E-state index contributed by atoms with van der Waals surface area (Å²) in [7, 11) is 0. The minimum atomic E-state index is -0.490. The summed E-state index contributed by atoms with van der Waals surface area (Å²) < 4.78 is 7.60. The third-order valence-corrected chi connectivity index (χ3v) is 5.17. The van der Waals surface area contributed by atoms with Gasteiger partial charge in [-0.05, 0) is 58.2 Å². The maximum absolute atomic E-state index is 13.0. The van der Waals surface area contributed by atoms with Gasteiger partial charge in [0.25, 0.3) is 0 Å². The summed E-state index contributed by atoms with van der Waals surface area (Å²) in [4.78, 5) is 15.6. The highest BCUT2D eigenvalue weighted by Crippen LogP contribution is 2.41. The molecular weight excluding hydrogens is 300 g/mol. The Morgan fingerprint density at radius 3 is 2.75 bits per heavy atom. The van der Waals surface area contributed by atoms with Gasteiger partial charge in [0.2, 0.25) is 0 Å². The second kappa shape index (κ2) is 5.62. The van der Waals surface area contributed by atoms with Crippen molar-refractivity contribution in [2.45, 2.75) is 58.1 Å². The average Bonchev–Trinajstić information content (AvgIpc) is 2.88. The molecule has 0 aliphatic carbocycles. The molecule has 4 heteroatoms. The number of carbonyl (C=O) groups excluding carboxylic acids is 1. The van der Waals surface area contributed by atoms with Crippen LogP contribution in [0, 0.1) is 0 Å². The van der Waals surface area contributed by atoms with Crippen LogP contribution in [0.5, 0.6) is 0 Å². The molecule has 0 amide bonds. The monoisotopic (exact) mass is 326 g/mol. The lowest BCUT2D eigenvalue weighted by Crippen LogP contribution is -2.40. The fourth-order valence-electron chi connectivity index (χ4n) is 4.27. The van der Waals surface area contributed by atoms with Crippen LogP contribution >= 0.6 is 0 Å². The van der Waals surface area contributed by atoms with Crippen molar-refractivity contribution < 1.29 is 9.53 Å². The van der Waals surface area contributed by atoms with Crippen molar-refractivity contribution in [2.75, 3.05) is 13.1 Å². The Kier molecular flexibility index (Phi) is 3.68. The lowest BCUT2D eigenvalue weighted by Gasteiger charge is -2.40. The van der Waals surface area contributed by atoms with Gasteiger partial charge in [-0.3, -0.25) is 4.90 Å². The van der Waals surface area contributed by atoms with E-state index in [1.54, 1.807) is 0 Å². The summed E-state index contributed by atoms with van der Waals surface area (Å²) in [5.41, 5.74) is 3.02. The number of ether oxygens (including phenoxy) is 1. The fraction of sp³-hybridized carbons (Fsp3) is 0.550. The summed E-state index contributed by atoms with van der Waals surface area (Å²) in [6.07, 6.45) is 4.40. The zero-order valence-corrected chi connectivity index (χ0v) is 14.8. The van der Waals surface area contributed by atoms with Crippen LogP contribution in [0.4, 0.5) is 4.79 Å². The third-order valence-electron chi connectivity index (χ3n) is 5.17. The summed E-state index contributed by atoms with van der Waals surface area (Å²) >= 11 is 0. The number of hydrogen-bond donors (Lipinski definition) is 0. The van der Waals surface area contributed by atoms with Crippen LogP contribution in [-0.2, 0) is 11.2 Å². The number of piperidine rings is 1. The molecule has 24 heavy (non-hydrogen) atoms. The van der Waals surface area contributed by atoms with Crippen molar-refractivity contribution in [2.24, 2.45) is 0 Å². The van der Waals surface area contributed by atoms with Gasteiger partial charge in [-0.15, -0.1) is 0 Å². The number of hydrogen-bond acceptors (Lipinski definition) is 3. The Labute approximate surface area is 143 Å². The Morgan fingerprint density at radius 1 is 1.17 bits per heavy atom. The van der Waals surface area contributed by atoms with E-state index in [1.165, 1.54) is 29.5 Å². The van der Waals surface area contributed by atoms with E-state index in [0.29, 0.717) is 6.04 Å². The van der Waals surface area contributed by atoms with Gasteiger partial charge in [0.05, 0.1) is 17.3 Å². The standard InChI is InChI=1S/C20H26N2O2/c1-20(2,3)24-19(23)22-16-9-5-4-8-14(16)15-11-13-21-12-7-6-10-17(21)18(15)22/h4-5,8-9,17H,6-7,10-13H2,1-3H3. The second-order valence-corrected chi connectivity index (χ2v) is 7.99. The van der Waals surface area contributed by atoms with Gasteiger partial charge in [0.1, 0.15) is 5.60 Å². The van der Waals surface area contributed by atoms with E-state index in [-0.39, 0.29) is 6.09 Å². The van der Waals surface area contributed by atoms with Crippen molar-refractivity contribution >= 4 is 17.0 Å². The van der Waals surface area contributed by atoms with E-state index in [4.69, 9.17) is 4.74 Å². The van der Waals surface area contributed by atoms with Gasteiger partial charge in [-0.1, -0.05) is 24.6 Å². The van der Waals surface area contributed by atoms with Gasteiger partial charge < -0.3 is 4.74 Å². The minimum absolute atomic E-state index is 0.243. The largest absolute Gasteiger partial charge is 0.443 e. The number of rotatable bonds is 0. The van der Waals surface area contributed by atoms with E-state index in [9.17, 15) is 4.79 Å². The molecule has 1 aromatic heterocycles. The molecule has 1 atom stereocenters. The maximum atomic E-state index is 13.0. The van der Waals surface area contributed by atoms with Crippen LogP contribution in [0.3, 0.4) is 0 Å². The van der Waals surface area contributed by atoms with E-state index in [1.807, 2.05) is 37.5 Å². The molecule has 4 nitrogen and oxygen atoms in total. The van der Waals surface area contributed by atoms with E-state index >= 15 is 0 Å². The second-order valence-electron chi connectivity index (χ2n) is 7.99. The van der Waals surface area contributed by atoms with Gasteiger partial charge in [0.15, 0.2) is 0 Å². The number of para-hydroxylation sites is 1. The molecule has 0 N–H and O–H groups in total. The van der Waals surface area contributed by atoms with Gasteiger partial charge in [-0.2, -0.15) is 0 Å². The maximum Gasteiger partial charge on any atom is 0.419 e. The Morgan fingerprint density at radius 2 is 1.96 bits per heavy atom. The summed E-state index contributed by atoms with van der Waals surface area (Å²) in [6.45, 7) is 8.02. The predicted octanol–water partition coefficient (Wildman–Crippen LogP) is 4.51. The molecule has 1 fully saturated rings. The Balaban J connectivity index is 1.90. The van der Waals surface area contributed by atoms with Gasteiger partial charge in [0, 0.05) is 11.9 Å². The zero-order chi connectivity index (χ0) is 16.9. The molecule has 1 saturated heterocycles. The highest BCUT2D eigenvalue weighted by atomic mass is 16.6. The fourth-order valence-corrected chi connectivity index (χ4v) is 4.27. The first kappa shape index (κ1) is 15.7. The summed E-state index contributed by atoms with van der Waals surface area (Å²) in [5.74, 6) is 0. The first-order valence-electron chi connectivity index (χ1n) is 9.05. The normalized spacial score (nSPS) is 21.4. The molecule has 1 aromatic carbocycles. The lowest BCUT2D eigenvalue weighted by atomic mass is 9.91. The molecule has 1 unspecified atom stereocenters. The number of carbonyl (C=O) groups is 1. The topological polar surface area (TPSA) is 34.5 Å². The van der Waals surface area contributed by atoms with Crippen LogP contribution < -0.4 is 0 Å². The molecule has 2 aliphatic rings. The van der Waals surface area contributed by atoms with Crippen molar-refractivity contribution in [3.05, 3.63) is 35.5 Å². The quantitative estimate of drug-likeness (QED) is 0.714. The lowest BCUT2D eigenvalue weighted by molar-refractivity contribution is 0.0518. The number of fused-ring (bicyclic) bond motifs is 5.